The number of carbonyl (C=O) groups is 1. The van der Waals surface area contributed by atoms with Crippen LogP contribution in [-0.4, -0.2) is 25.0 Å². The summed E-state index contributed by atoms with van der Waals surface area (Å²) in [5.41, 5.74) is 0.284. The number of benzene rings is 1. The topological polar surface area (TPSA) is 33.5 Å². The zero-order valence-electron chi connectivity index (χ0n) is 13.3. The number of hydrogen-bond donors (Lipinski definition) is 2. The monoisotopic (exact) mass is 305 g/mol. The van der Waals surface area contributed by atoms with Crippen LogP contribution in [0.1, 0.15) is 39.0 Å². The van der Waals surface area contributed by atoms with E-state index >= 15 is 0 Å². The molecule has 1 saturated heterocycles. The first kappa shape index (κ1) is 15.5. The molecule has 2 aliphatic rings. The van der Waals surface area contributed by atoms with Gasteiger partial charge in [-0.3, -0.25) is 4.79 Å². The number of carbonyl (C=O) groups excluding carboxylic acids is 1. The number of rotatable bonds is 3. The van der Waals surface area contributed by atoms with Crippen LogP contribution in [0.2, 0.25) is 0 Å². The maximum absolute atomic E-state index is 13.7. The number of fused-ring (bicyclic) bond motifs is 1. The molecule has 3 nitrogen and oxygen atoms in total. The van der Waals surface area contributed by atoms with Gasteiger partial charge in [-0.05, 0) is 44.2 Å². The minimum atomic E-state index is -0.371. The lowest BCUT2D eigenvalue weighted by molar-refractivity contribution is -0.924. The van der Waals surface area contributed by atoms with Crippen LogP contribution in [0, 0.1) is 17.7 Å². The number of anilines is 1. The second-order valence-corrected chi connectivity index (χ2v) is 6.90. The van der Waals surface area contributed by atoms with Gasteiger partial charge in [-0.2, -0.15) is 0 Å². The Morgan fingerprint density at radius 1 is 1.23 bits per heavy atom. The molecule has 1 heterocycles. The maximum Gasteiger partial charge on any atom is 0.282 e. The van der Waals surface area contributed by atoms with Crippen molar-refractivity contribution in [1.82, 2.24) is 0 Å². The van der Waals surface area contributed by atoms with E-state index in [-0.39, 0.29) is 23.5 Å². The van der Waals surface area contributed by atoms with Gasteiger partial charge in [0, 0.05) is 5.92 Å². The second-order valence-electron chi connectivity index (χ2n) is 6.90. The van der Waals surface area contributed by atoms with Crippen LogP contribution in [0.25, 0.3) is 0 Å². The molecule has 2 N–H and O–H groups in total. The average Bonchev–Trinajstić information content (AvgIpc) is 2.55. The van der Waals surface area contributed by atoms with E-state index in [1.54, 1.807) is 18.2 Å². The van der Waals surface area contributed by atoms with E-state index in [2.05, 4.69) is 5.32 Å². The number of nitrogens with one attached hydrogen (secondary N) is 2. The fourth-order valence-electron chi connectivity index (χ4n) is 4.13. The van der Waals surface area contributed by atoms with Crippen molar-refractivity contribution in [2.24, 2.45) is 11.8 Å². The molecule has 2 fully saturated rings. The van der Waals surface area contributed by atoms with E-state index in [4.69, 9.17) is 0 Å². The number of quaternary nitrogens is 1. The molecule has 0 bridgehead atoms. The van der Waals surface area contributed by atoms with Gasteiger partial charge < -0.3 is 10.2 Å². The van der Waals surface area contributed by atoms with E-state index < -0.39 is 0 Å². The van der Waals surface area contributed by atoms with Crippen LogP contribution in [0.5, 0.6) is 0 Å². The molecule has 0 aromatic heterocycles. The van der Waals surface area contributed by atoms with Crippen molar-refractivity contribution >= 4 is 11.6 Å². The first-order chi connectivity index (χ1) is 10.6. The highest BCUT2D eigenvalue weighted by molar-refractivity contribution is 5.93. The van der Waals surface area contributed by atoms with Gasteiger partial charge in [-0.1, -0.05) is 25.0 Å². The number of amides is 1. The van der Waals surface area contributed by atoms with Gasteiger partial charge in [-0.25, -0.2) is 4.39 Å². The van der Waals surface area contributed by atoms with Gasteiger partial charge in [0.25, 0.3) is 5.91 Å². The van der Waals surface area contributed by atoms with Gasteiger partial charge in [0.15, 0.2) is 6.04 Å². The molecule has 1 aliphatic carbocycles. The Kier molecular flexibility index (Phi) is 4.77. The SMILES string of the molecule is C[C@H](C(=O)Nc1ccccc1F)[NH+]1CC[C@@H]2CCCC[C@@H]2C1. The van der Waals surface area contributed by atoms with Crippen molar-refractivity contribution < 1.29 is 14.1 Å². The standard InChI is InChI=1S/C18H25FN2O/c1-13(18(22)20-17-9-5-4-8-16(17)19)21-11-10-14-6-2-3-7-15(14)12-21/h4-5,8-9,13-15H,2-3,6-7,10-12H2,1H3,(H,20,22)/p+1/t13-,14+,15-/m1/s1. The number of hydrogen-bond acceptors (Lipinski definition) is 1. The van der Waals surface area contributed by atoms with Crippen LogP contribution >= 0.6 is 0 Å². The average molecular weight is 305 g/mol. The van der Waals surface area contributed by atoms with Crippen LogP contribution in [0.3, 0.4) is 0 Å². The third-order valence-electron chi connectivity index (χ3n) is 5.56. The Labute approximate surface area is 131 Å². The first-order valence-corrected chi connectivity index (χ1v) is 8.55. The summed E-state index contributed by atoms with van der Waals surface area (Å²) in [7, 11) is 0. The molecule has 1 unspecified atom stereocenters. The molecule has 120 valence electrons. The summed E-state index contributed by atoms with van der Waals surface area (Å²) in [5, 5.41) is 2.74. The van der Waals surface area contributed by atoms with E-state index in [1.165, 1.54) is 43.1 Å². The molecule has 1 aliphatic heterocycles. The van der Waals surface area contributed by atoms with E-state index in [0.717, 1.165) is 24.9 Å². The fourth-order valence-corrected chi connectivity index (χ4v) is 4.13. The number of piperidine rings is 1. The highest BCUT2D eigenvalue weighted by Crippen LogP contribution is 2.32. The number of halogens is 1. The van der Waals surface area contributed by atoms with Gasteiger partial charge >= 0.3 is 0 Å². The molecule has 0 radical (unpaired) electrons. The van der Waals surface area contributed by atoms with Gasteiger partial charge in [-0.15, -0.1) is 0 Å². The van der Waals surface area contributed by atoms with E-state index in [0.29, 0.717) is 0 Å². The lowest BCUT2D eigenvalue weighted by Gasteiger charge is -2.40. The minimum absolute atomic E-state index is 0.0747. The Hall–Kier alpha value is -1.42. The van der Waals surface area contributed by atoms with E-state index in [1.807, 2.05) is 6.92 Å². The summed E-state index contributed by atoms with van der Waals surface area (Å²) in [4.78, 5) is 13.8. The molecule has 1 aromatic rings. The van der Waals surface area contributed by atoms with Crippen LogP contribution < -0.4 is 10.2 Å². The second kappa shape index (κ2) is 6.78. The molecule has 0 spiro atoms. The molecule has 1 aromatic carbocycles. The van der Waals surface area contributed by atoms with Crippen molar-refractivity contribution in [2.75, 3.05) is 18.4 Å². The third-order valence-corrected chi connectivity index (χ3v) is 5.56. The highest BCUT2D eigenvalue weighted by Gasteiger charge is 2.37. The molecule has 4 atom stereocenters. The predicted molar refractivity (Wildman–Crippen MR) is 85.3 cm³/mol. The third kappa shape index (κ3) is 3.32. The predicted octanol–water partition coefficient (Wildman–Crippen LogP) is 2.25. The van der Waals surface area contributed by atoms with Crippen molar-refractivity contribution in [3.05, 3.63) is 30.1 Å². The summed E-state index contributed by atoms with van der Waals surface area (Å²) in [6.45, 7) is 4.12. The van der Waals surface area contributed by atoms with Crippen molar-refractivity contribution in [3.63, 3.8) is 0 Å². The molecule has 4 heteroatoms. The van der Waals surface area contributed by atoms with Crippen LogP contribution in [-0.2, 0) is 4.79 Å². The summed E-state index contributed by atoms with van der Waals surface area (Å²) >= 11 is 0. The molecule has 1 saturated carbocycles. The normalized spacial score (nSPS) is 29.5. The zero-order valence-corrected chi connectivity index (χ0v) is 13.3. The van der Waals surface area contributed by atoms with Crippen molar-refractivity contribution in [2.45, 2.75) is 45.1 Å². The van der Waals surface area contributed by atoms with Gasteiger partial charge in [0.05, 0.1) is 18.8 Å². The summed E-state index contributed by atoms with van der Waals surface area (Å²) in [6.07, 6.45) is 6.63. The molecule has 22 heavy (non-hydrogen) atoms. The lowest BCUT2D eigenvalue weighted by atomic mass is 9.75. The van der Waals surface area contributed by atoms with Crippen molar-refractivity contribution in [3.8, 4) is 0 Å². The molecular weight excluding hydrogens is 279 g/mol. The zero-order chi connectivity index (χ0) is 15.5. The Bertz CT molecular complexity index is 534. The smallest absolute Gasteiger partial charge is 0.282 e. The van der Waals surface area contributed by atoms with Crippen molar-refractivity contribution in [1.29, 1.82) is 0 Å². The van der Waals surface area contributed by atoms with Crippen LogP contribution in [0.4, 0.5) is 10.1 Å². The quantitative estimate of drug-likeness (QED) is 0.882. The molecule has 1 amide bonds. The highest BCUT2D eigenvalue weighted by atomic mass is 19.1. The lowest BCUT2D eigenvalue weighted by Crippen LogP contribution is -3.18. The summed E-state index contributed by atoms with van der Waals surface area (Å²) in [6, 6.07) is 6.24. The Morgan fingerprint density at radius 3 is 2.73 bits per heavy atom. The Balaban J connectivity index is 1.60. The minimum Gasteiger partial charge on any atom is -0.325 e. The van der Waals surface area contributed by atoms with Crippen LogP contribution in [0.15, 0.2) is 24.3 Å². The largest absolute Gasteiger partial charge is 0.325 e. The van der Waals surface area contributed by atoms with Gasteiger partial charge in [0.1, 0.15) is 5.82 Å². The maximum atomic E-state index is 13.7. The number of likely N-dealkylation sites (tertiary alicyclic amines) is 1. The Morgan fingerprint density at radius 2 is 1.95 bits per heavy atom. The molecule has 3 rings (SSSR count). The number of para-hydroxylation sites is 1. The van der Waals surface area contributed by atoms with Gasteiger partial charge in [0.2, 0.25) is 0 Å². The first-order valence-electron chi connectivity index (χ1n) is 8.55. The fraction of sp³-hybridized carbons (Fsp3) is 0.611. The summed E-state index contributed by atoms with van der Waals surface area (Å²) < 4.78 is 13.7. The van der Waals surface area contributed by atoms with E-state index in [9.17, 15) is 9.18 Å². The molecular formula is C18H26FN2O+. The summed E-state index contributed by atoms with van der Waals surface area (Å²) in [5.74, 6) is 1.21.